The van der Waals surface area contributed by atoms with Crippen molar-refractivity contribution >= 4 is 10.1 Å². The Balaban J connectivity index is 0.000000555. The Morgan fingerprint density at radius 2 is 1.68 bits per heavy atom. The van der Waals surface area contributed by atoms with Gasteiger partial charge < -0.3 is 4.74 Å². The van der Waals surface area contributed by atoms with Gasteiger partial charge in [0.25, 0.3) is 10.1 Å². The zero-order chi connectivity index (χ0) is 14.7. The molecule has 1 aromatic carbocycles. The number of hydrogen-bond donors (Lipinski definition) is 0. The van der Waals surface area contributed by atoms with Crippen molar-refractivity contribution in [3.63, 3.8) is 0 Å². The van der Waals surface area contributed by atoms with Crippen molar-refractivity contribution in [2.24, 2.45) is 0 Å². The van der Waals surface area contributed by atoms with Crippen molar-refractivity contribution in [2.75, 3.05) is 19.8 Å². The van der Waals surface area contributed by atoms with Gasteiger partial charge in [-0.25, -0.2) is 0 Å². The van der Waals surface area contributed by atoms with Crippen LogP contribution in [-0.2, 0) is 19.0 Å². The van der Waals surface area contributed by atoms with E-state index in [1.165, 1.54) is 18.2 Å². The molecule has 0 amide bonds. The van der Waals surface area contributed by atoms with E-state index in [1.54, 1.807) is 12.1 Å². The van der Waals surface area contributed by atoms with E-state index >= 15 is 0 Å². The fraction of sp³-hybridized carbons (Fsp3) is 0.429. The molecule has 0 atom stereocenters. The molecule has 0 aliphatic heterocycles. The topological polar surface area (TPSA) is 52.6 Å². The molecule has 19 heavy (non-hydrogen) atoms. The molecular formula is C14H22O4S. The molecule has 0 aliphatic rings. The summed E-state index contributed by atoms with van der Waals surface area (Å²) < 4.78 is 32.4. The van der Waals surface area contributed by atoms with Crippen LogP contribution in [0, 0.1) is 6.92 Å². The molecule has 0 saturated heterocycles. The predicted molar refractivity (Wildman–Crippen MR) is 76.7 cm³/mol. The molecule has 108 valence electrons. The summed E-state index contributed by atoms with van der Waals surface area (Å²) in [5, 5.41) is 0. The third kappa shape index (κ3) is 7.77. The zero-order valence-corrected chi connectivity index (χ0v) is 12.6. The van der Waals surface area contributed by atoms with Crippen molar-refractivity contribution in [3.05, 3.63) is 42.5 Å². The first-order valence-electron chi connectivity index (χ1n) is 6.12. The Labute approximate surface area is 116 Å². The highest BCUT2D eigenvalue weighted by atomic mass is 32.2. The third-order valence-corrected chi connectivity index (χ3v) is 3.35. The van der Waals surface area contributed by atoms with Gasteiger partial charge in [-0.3, -0.25) is 4.18 Å². The Morgan fingerprint density at radius 3 is 2.05 bits per heavy atom. The third-order valence-electron chi connectivity index (χ3n) is 2.06. The summed E-state index contributed by atoms with van der Waals surface area (Å²) >= 11 is 0. The van der Waals surface area contributed by atoms with Crippen LogP contribution >= 0.6 is 0 Å². The van der Waals surface area contributed by atoms with Gasteiger partial charge in [0, 0.05) is 13.2 Å². The maximum absolute atomic E-state index is 11.4. The Bertz CT molecular complexity index is 447. The van der Waals surface area contributed by atoms with Crippen molar-refractivity contribution in [2.45, 2.75) is 25.7 Å². The quantitative estimate of drug-likeness (QED) is 0.596. The molecule has 0 aromatic heterocycles. The lowest BCUT2D eigenvalue weighted by Crippen LogP contribution is -2.06. The molecule has 1 rings (SSSR count). The SMILES string of the molecule is C=CCOS(=O)(=O)c1ccc(C)cc1.CCOCC. The maximum atomic E-state index is 11.4. The lowest BCUT2D eigenvalue weighted by atomic mass is 10.2. The monoisotopic (exact) mass is 286 g/mol. The average Bonchev–Trinajstić information content (AvgIpc) is 2.39. The number of benzene rings is 1. The Hall–Kier alpha value is -1.17. The number of ether oxygens (including phenoxy) is 1. The lowest BCUT2D eigenvalue weighted by molar-refractivity contribution is 0.162. The molecule has 0 radical (unpaired) electrons. The van der Waals surface area contributed by atoms with Gasteiger partial charge in [0.2, 0.25) is 0 Å². The molecule has 0 heterocycles. The fourth-order valence-electron chi connectivity index (χ4n) is 1.11. The molecule has 0 unspecified atom stereocenters. The summed E-state index contributed by atoms with van der Waals surface area (Å²) in [5.74, 6) is 0. The van der Waals surface area contributed by atoms with Gasteiger partial charge >= 0.3 is 0 Å². The van der Waals surface area contributed by atoms with Crippen molar-refractivity contribution in [1.82, 2.24) is 0 Å². The van der Waals surface area contributed by atoms with Crippen LogP contribution in [0.5, 0.6) is 0 Å². The van der Waals surface area contributed by atoms with Gasteiger partial charge in [0.1, 0.15) is 0 Å². The van der Waals surface area contributed by atoms with E-state index in [0.717, 1.165) is 18.8 Å². The first-order valence-corrected chi connectivity index (χ1v) is 7.53. The van der Waals surface area contributed by atoms with Gasteiger partial charge in [0.05, 0.1) is 11.5 Å². The smallest absolute Gasteiger partial charge is 0.297 e. The number of rotatable bonds is 6. The van der Waals surface area contributed by atoms with E-state index in [-0.39, 0.29) is 11.5 Å². The molecule has 0 aliphatic carbocycles. The van der Waals surface area contributed by atoms with Gasteiger partial charge in [-0.1, -0.05) is 23.8 Å². The van der Waals surface area contributed by atoms with E-state index in [2.05, 4.69) is 10.8 Å². The van der Waals surface area contributed by atoms with Crippen LogP contribution in [0.1, 0.15) is 19.4 Å². The maximum Gasteiger partial charge on any atom is 0.297 e. The van der Waals surface area contributed by atoms with Gasteiger partial charge in [-0.15, -0.1) is 6.58 Å². The minimum Gasteiger partial charge on any atom is -0.382 e. The lowest BCUT2D eigenvalue weighted by Gasteiger charge is -2.03. The van der Waals surface area contributed by atoms with E-state index in [4.69, 9.17) is 4.74 Å². The second-order valence-corrected chi connectivity index (χ2v) is 5.24. The van der Waals surface area contributed by atoms with Gasteiger partial charge in [-0.05, 0) is 32.9 Å². The van der Waals surface area contributed by atoms with E-state index < -0.39 is 10.1 Å². The fourth-order valence-corrected chi connectivity index (χ4v) is 2.00. The summed E-state index contributed by atoms with van der Waals surface area (Å²) in [6, 6.07) is 6.50. The van der Waals surface area contributed by atoms with Crippen molar-refractivity contribution in [1.29, 1.82) is 0 Å². The van der Waals surface area contributed by atoms with Crippen molar-refractivity contribution < 1.29 is 17.3 Å². The minimum atomic E-state index is -3.61. The van der Waals surface area contributed by atoms with Crippen LogP contribution in [0.4, 0.5) is 0 Å². The molecular weight excluding hydrogens is 264 g/mol. The summed E-state index contributed by atoms with van der Waals surface area (Å²) in [6.45, 7) is 10.9. The second-order valence-electron chi connectivity index (χ2n) is 3.62. The number of aryl methyl sites for hydroxylation is 1. The molecule has 0 N–H and O–H groups in total. The van der Waals surface area contributed by atoms with Crippen LogP contribution in [0.15, 0.2) is 41.8 Å². The Morgan fingerprint density at radius 1 is 1.16 bits per heavy atom. The second kappa shape index (κ2) is 9.72. The number of hydrogen-bond acceptors (Lipinski definition) is 4. The van der Waals surface area contributed by atoms with Crippen molar-refractivity contribution in [3.8, 4) is 0 Å². The van der Waals surface area contributed by atoms with Crippen LogP contribution in [0.25, 0.3) is 0 Å². The molecule has 1 aromatic rings. The van der Waals surface area contributed by atoms with Crippen LogP contribution < -0.4 is 0 Å². The first-order chi connectivity index (χ1) is 8.97. The van der Waals surface area contributed by atoms with Crippen LogP contribution in [0.2, 0.25) is 0 Å². The molecule has 0 spiro atoms. The molecule has 5 heteroatoms. The summed E-state index contributed by atoms with van der Waals surface area (Å²) in [4.78, 5) is 0.171. The summed E-state index contributed by atoms with van der Waals surface area (Å²) in [5.41, 5.74) is 1.01. The van der Waals surface area contributed by atoms with Crippen LogP contribution in [0.3, 0.4) is 0 Å². The highest BCUT2D eigenvalue weighted by molar-refractivity contribution is 7.86. The highest BCUT2D eigenvalue weighted by Crippen LogP contribution is 2.12. The minimum absolute atomic E-state index is 0.00376. The normalized spacial score (nSPS) is 10.5. The van der Waals surface area contributed by atoms with Crippen LogP contribution in [-0.4, -0.2) is 28.2 Å². The average molecular weight is 286 g/mol. The van der Waals surface area contributed by atoms with Gasteiger partial charge in [-0.2, -0.15) is 8.42 Å². The van der Waals surface area contributed by atoms with E-state index in [9.17, 15) is 8.42 Å². The zero-order valence-electron chi connectivity index (χ0n) is 11.8. The predicted octanol–water partition coefficient (Wildman–Crippen LogP) is 2.93. The summed E-state index contributed by atoms with van der Waals surface area (Å²) in [6.07, 6.45) is 1.39. The molecule has 4 nitrogen and oxygen atoms in total. The van der Waals surface area contributed by atoms with E-state index in [1.807, 2.05) is 20.8 Å². The summed E-state index contributed by atoms with van der Waals surface area (Å²) in [7, 11) is -3.61. The van der Waals surface area contributed by atoms with E-state index in [0.29, 0.717) is 0 Å². The highest BCUT2D eigenvalue weighted by Gasteiger charge is 2.13. The Kier molecular flexibility index (Phi) is 9.12. The molecule has 0 saturated carbocycles. The van der Waals surface area contributed by atoms with Gasteiger partial charge in [0.15, 0.2) is 0 Å². The molecule has 0 fully saturated rings. The first kappa shape index (κ1) is 17.8. The largest absolute Gasteiger partial charge is 0.382 e. The standard InChI is InChI=1S/C10H12O3S.C4H10O/c1-3-8-13-14(11,12)10-6-4-9(2)5-7-10;1-3-5-4-2/h3-7H,1,8H2,2H3;3-4H2,1-2H3. The molecule has 0 bridgehead atoms.